The number of aliphatic imine (C=N–C) groups is 1. The molecule has 6 nitrogen and oxygen atoms in total. The molecule has 1 aromatic rings. The fourth-order valence-corrected chi connectivity index (χ4v) is 3.14. The van der Waals surface area contributed by atoms with Crippen molar-refractivity contribution in [3.05, 3.63) is 35.1 Å². The Morgan fingerprint density at radius 3 is 2.52 bits per heavy atom. The molecule has 0 aromatic heterocycles. The standard InChI is InChI=1S/C20H32FN5O/c1-14(2)26-11-7-17(8-12-26)25-20(22-4)24-10-9-23-19(27)16-6-5-15(3)18(21)13-16/h5-6,13-14,17H,7-12H2,1-4H3,(H,23,27)(H2,22,24,25). The number of nitrogens with one attached hydrogen (secondary N) is 3. The predicted octanol–water partition coefficient (Wildman–Crippen LogP) is 1.90. The number of carbonyl (C=O) groups excluding carboxylic acids is 1. The van der Waals surface area contributed by atoms with E-state index in [4.69, 9.17) is 0 Å². The van der Waals surface area contributed by atoms with Crippen LogP contribution in [0.1, 0.15) is 42.6 Å². The number of piperidine rings is 1. The van der Waals surface area contributed by atoms with E-state index in [1.165, 1.54) is 6.07 Å². The molecule has 1 saturated heterocycles. The molecule has 0 bridgehead atoms. The molecular formula is C20H32FN5O. The molecule has 1 aromatic carbocycles. The molecule has 0 aliphatic carbocycles. The summed E-state index contributed by atoms with van der Waals surface area (Å²) in [4.78, 5) is 18.8. The number of rotatable bonds is 6. The summed E-state index contributed by atoms with van der Waals surface area (Å²) in [7, 11) is 1.74. The normalized spacial score (nSPS) is 16.4. The van der Waals surface area contributed by atoms with Gasteiger partial charge in [0.1, 0.15) is 5.82 Å². The average Bonchev–Trinajstić information content (AvgIpc) is 2.66. The molecule has 27 heavy (non-hydrogen) atoms. The van der Waals surface area contributed by atoms with Gasteiger partial charge in [-0.2, -0.15) is 0 Å². The van der Waals surface area contributed by atoms with E-state index in [-0.39, 0.29) is 11.7 Å². The van der Waals surface area contributed by atoms with Gasteiger partial charge in [-0.3, -0.25) is 9.79 Å². The highest BCUT2D eigenvalue weighted by atomic mass is 19.1. The number of hydrogen-bond donors (Lipinski definition) is 3. The second-order valence-corrected chi connectivity index (χ2v) is 7.27. The van der Waals surface area contributed by atoms with Crippen molar-refractivity contribution in [1.29, 1.82) is 0 Å². The van der Waals surface area contributed by atoms with Gasteiger partial charge in [-0.05, 0) is 51.3 Å². The second-order valence-electron chi connectivity index (χ2n) is 7.27. The van der Waals surface area contributed by atoms with Crippen LogP contribution in [0, 0.1) is 12.7 Å². The van der Waals surface area contributed by atoms with Crippen molar-refractivity contribution in [2.45, 2.75) is 45.7 Å². The summed E-state index contributed by atoms with van der Waals surface area (Å²) < 4.78 is 13.6. The van der Waals surface area contributed by atoms with Crippen LogP contribution in [0.2, 0.25) is 0 Å². The van der Waals surface area contributed by atoms with Gasteiger partial charge in [0.05, 0.1) is 0 Å². The van der Waals surface area contributed by atoms with E-state index in [0.29, 0.717) is 36.3 Å². The Morgan fingerprint density at radius 2 is 1.93 bits per heavy atom. The molecule has 1 fully saturated rings. The SMILES string of the molecule is CN=C(NCCNC(=O)c1ccc(C)c(F)c1)NC1CCN(C(C)C)CC1. The zero-order valence-corrected chi connectivity index (χ0v) is 16.8. The molecule has 1 amide bonds. The maximum Gasteiger partial charge on any atom is 0.251 e. The van der Waals surface area contributed by atoms with Crippen molar-refractivity contribution < 1.29 is 9.18 Å². The Hall–Kier alpha value is -2.15. The summed E-state index contributed by atoms with van der Waals surface area (Å²) in [5.41, 5.74) is 0.861. The Bertz CT molecular complexity index is 654. The van der Waals surface area contributed by atoms with Gasteiger partial charge in [-0.1, -0.05) is 6.07 Å². The van der Waals surface area contributed by atoms with Crippen LogP contribution in [0.3, 0.4) is 0 Å². The van der Waals surface area contributed by atoms with E-state index in [1.807, 2.05) is 0 Å². The third kappa shape index (κ3) is 6.50. The largest absolute Gasteiger partial charge is 0.355 e. The predicted molar refractivity (Wildman–Crippen MR) is 108 cm³/mol. The third-order valence-corrected chi connectivity index (χ3v) is 4.96. The molecule has 3 N–H and O–H groups in total. The lowest BCUT2D eigenvalue weighted by Crippen LogP contribution is -2.50. The van der Waals surface area contributed by atoms with E-state index < -0.39 is 0 Å². The minimum absolute atomic E-state index is 0.278. The van der Waals surface area contributed by atoms with Gasteiger partial charge >= 0.3 is 0 Å². The molecule has 150 valence electrons. The highest BCUT2D eigenvalue weighted by molar-refractivity contribution is 5.94. The second kappa shape index (κ2) is 10.3. The van der Waals surface area contributed by atoms with Crippen LogP contribution in [-0.2, 0) is 0 Å². The Labute approximate surface area is 161 Å². The topological polar surface area (TPSA) is 68.8 Å². The maximum absolute atomic E-state index is 13.6. The quantitative estimate of drug-likeness (QED) is 0.402. The lowest BCUT2D eigenvalue weighted by atomic mass is 10.0. The maximum atomic E-state index is 13.6. The molecular weight excluding hydrogens is 345 g/mol. The third-order valence-electron chi connectivity index (χ3n) is 4.96. The van der Waals surface area contributed by atoms with Crippen LogP contribution in [-0.4, -0.2) is 62.1 Å². The molecule has 0 radical (unpaired) electrons. The van der Waals surface area contributed by atoms with E-state index >= 15 is 0 Å². The first-order chi connectivity index (χ1) is 12.9. The van der Waals surface area contributed by atoms with Crippen molar-refractivity contribution in [1.82, 2.24) is 20.9 Å². The minimum atomic E-state index is -0.367. The Morgan fingerprint density at radius 1 is 1.26 bits per heavy atom. The van der Waals surface area contributed by atoms with Crippen molar-refractivity contribution in [2.24, 2.45) is 4.99 Å². The molecule has 0 saturated carbocycles. The first-order valence-corrected chi connectivity index (χ1v) is 9.66. The number of aryl methyl sites for hydroxylation is 1. The van der Waals surface area contributed by atoms with E-state index in [9.17, 15) is 9.18 Å². The smallest absolute Gasteiger partial charge is 0.251 e. The number of amides is 1. The lowest BCUT2D eigenvalue weighted by Gasteiger charge is -2.35. The van der Waals surface area contributed by atoms with Gasteiger partial charge in [-0.25, -0.2) is 4.39 Å². The highest BCUT2D eigenvalue weighted by Crippen LogP contribution is 2.12. The summed E-state index contributed by atoms with van der Waals surface area (Å²) >= 11 is 0. The van der Waals surface area contributed by atoms with Crippen LogP contribution < -0.4 is 16.0 Å². The minimum Gasteiger partial charge on any atom is -0.355 e. The number of halogens is 1. The number of carbonyl (C=O) groups is 1. The summed E-state index contributed by atoms with van der Waals surface area (Å²) in [5.74, 6) is 0.0993. The molecule has 0 atom stereocenters. The van der Waals surface area contributed by atoms with Crippen LogP contribution in [0.15, 0.2) is 23.2 Å². The Kier molecular flexibility index (Phi) is 8.03. The molecule has 0 spiro atoms. The number of hydrogen-bond acceptors (Lipinski definition) is 3. The molecule has 1 aliphatic rings. The fourth-order valence-electron chi connectivity index (χ4n) is 3.14. The van der Waals surface area contributed by atoms with Crippen LogP contribution >= 0.6 is 0 Å². The first kappa shape index (κ1) is 21.2. The first-order valence-electron chi connectivity index (χ1n) is 9.66. The molecule has 1 heterocycles. The highest BCUT2D eigenvalue weighted by Gasteiger charge is 2.21. The van der Waals surface area contributed by atoms with Gasteiger partial charge in [0, 0.05) is 50.9 Å². The zero-order chi connectivity index (χ0) is 19.8. The molecule has 1 aliphatic heterocycles. The van der Waals surface area contributed by atoms with E-state index in [0.717, 1.165) is 31.9 Å². The van der Waals surface area contributed by atoms with Crippen molar-refractivity contribution in [2.75, 3.05) is 33.2 Å². The molecule has 2 rings (SSSR count). The van der Waals surface area contributed by atoms with Gasteiger partial charge in [0.25, 0.3) is 5.91 Å². The lowest BCUT2D eigenvalue weighted by molar-refractivity contribution is 0.0954. The summed E-state index contributed by atoms with van der Waals surface area (Å²) in [5, 5.41) is 9.45. The van der Waals surface area contributed by atoms with Gasteiger partial charge in [0.2, 0.25) is 0 Å². The van der Waals surface area contributed by atoms with Crippen molar-refractivity contribution in [3.63, 3.8) is 0 Å². The van der Waals surface area contributed by atoms with Crippen LogP contribution in [0.25, 0.3) is 0 Å². The average molecular weight is 378 g/mol. The van der Waals surface area contributed by atoms with Crippen LogP contribution in [0.5, 0.6) is 0 Å². The summed E-state index contributed by atoms with van der Waals surface area (Å²) in [6.07, 6.45) is 2.18. The number of likely N-dealkylation sites (tertiary alicyclic amines) is 1. The van der Waals surface area contributed by atoms with Gasteiger partial charge in [-0.15, -0.1) is 0 Å². The summed E-state index contributed by atoms with van der Waals surface area (Å²) in [6.45, 7) is 9.30. The zero-order valence-electron chi connectivity index (χ0n) is 16.8. The summed E-state index contributed by atoms with van der Waals surface area (Å²) in [6, 6.07) is 5.51. The number of guanidine groups is 1. The van der Waals surface area contributed by atoms with Crippen molar-refractivity contribution >= 4 is 11.9 Å². The monoisotopic (exact) mass is 377 g/mol. The van der Waals surface area contributed by atoms with Crippen molar-refractivity contribution in [3.8, 4) is 0 Å². The fraction of sp³-hybridized carbons (Fsp3) is 0.600. The number of benzene rings is 1. The molecule has 7 heteroatoms. The number of nitrogens with zero attached hydrogens (tertiary/aromatic N) is 2. The Balaban J connectivity index is 1.69. The van der Waals surface area contributed by atoms with E-state index in [2.05, 4.69) is 39.7 Å². The van der Waals surface area contributed by atoms with Gasteiger partial charge in [0.15, 0.2) is 5.96 Å². The molecule has 0 unspecified atom stereocenters. The van der Waals surface area contributed by atoms with Gasteiger partial charge < -0.3 is 20.9 Å². The van der Waals surface area contributed by atoms with E-state index in [1.54, 1.807) is 26.1 Å². The van der Waals surface area contributed by atoms with Crippen LogP contribution in [0.4, 0.5) is 4.39 Å².